The number of nitrogens with one attached hydrogen (secondary N) is 1. The Morgan fingerprint density at radius 2 is 2.16 bits per heavy atom. The summed E-state index contributed by atoms with van der Waals surface area (Å²) in [5.41, 5.74) is 7.19. The summed E-state index contributed by atoms with van der Waals surface area (Å²) in [5.74, 6) is 0.541. The van der Waals surface area contributed by atoms with Crippen molar-refractivity contribution < 1.29 is 14.3 Å². The van der Waals surface area contributed by atoms with E-state index in [9.17, 15) is 4.79 Å². The van der Waals surface area contributed by atoms with Crippen molar-refractivity contribution in [2.45, 2.75) is 0 Å². The Kier molecular flexibility index (Phi) is 5.95. The minimum Gasteiger partial charge on any atom is -0.495 e. The molecule has 0 radical (unpaired) electrons. The Bertz CT molecular complexity index is 424. The first-order chi connectivity index (χ1) is 9.08. The fourth-order valence-corrected chi connectivity index (χ4v) is 1.59. The SMILES string of the molecule is COCCNC(=O)CN(C)c1ccc(N)c(OC)c1. The number of carbonyl (C=O) groups excluding carboxylic acids is 1. The zero-order chi connectivity index (χ0) is 14.3. The van der Waals surface area contributed by atoms with Crippen LogP contribution in [0.1, 0.15) is 0 Å². The van der Waals surface area contributed by atoms with Gasteiger partial charge in [-0.25, -0.2) is 0 Å². The molecule has 0 aliphatic carbocycles. The first-order valence-corrected chi connectivity index (χ1v) is 5.98. The van der Waals surface area contributed by atoms with Gasteiger partial charge in [0.25, 0.3) is 0 Å². The molecule has 106 valence electrons. The van der Waals surface area contributed by atoms with Gasteiger partial charge < -0.3 is 25.4 Å². The monoisotopic (exact) mass is 267 g/mol. The standard InChI is InChI=1S/C13H21N3O3/c1-16(9-13(17)15-6-7-18-2)10-4-5-11(14)12(8-10)19-3/h4-5,8H,6-7,9,14H2,1-3H3,(H,15,17). The van der Waals surface area contributed by atoms with Crippen molar-refractivity contribution in [2.24, 2.45) is 0 Å². The molecule has 0 fully saturated rings. The average Bonchev–Trinajstić information content (AvgIpc) is 2.39. The maximum Gasteiger partial charge on any atom is 0.239 e. The summed E-state index contributed by atoms with van der Waals surface area (Å²) in [4.78, 5) is 13.5. The van der Waals surface area contributed by atoms with E-state index in [2.05, 4.69) is 5.32 Å². The van der Waals surface area contributed by atoms with Crippen LogP contribution >= 0.6 is 0 Å². The van der Waals surface area contributed by atoms with Gasteiger partial charge in [-0.05, 0) is 12.1 Å². The van der Waals surface area contributed by atoms with Crippen LogP contribution in [0.25, 0.3) is 0 Å². The molecule has 0 spiro atoms. The second kappa shape index (κ2) is 7.48. The molecule has 0 atom stereocenters. The largest absolute Gasteiger partial charge is 0.495 e. The van der Waals surface area contributed by atoms with E-state index in [0.29, 0.717) is 24.6 Å². The lowest BCUT2D eigenvalue weighted by Gasteiger charge is -2.20. The molecule has 1 aromatic carbocycles. The molecule has 0 aromatic heterocycles. The number of methoxy groups -OCH3 is 2. The summed E-state index contributed by atoms with van der Waals surface area (Å²) >= 11 is 0. The van der Waals surface area contributed by atoms with Crippen LogP contribution in [-0.4, -0.2) is 46.9 Å². The highest BCUT2D eigenvalue weighted by molar-refractivity contribution is 5.81. The molecule has 1 rings (SSSR count). The third-order valence-corrected chi connectivity index (χ3v) is 2.67. The summed E-state index contributed by atoms with van der Waals surface area (Å²) in [6, 6.07) is 5.41. The van der Waals surface area contributed by atoms with Gasteiger partial charge in [0.1, 0.15) is 5.75 Å². The number of rotatable bonds is 7. The molecule has 19 heavy (non-hydrogen) atoms. The Morgan fingerprint density at radius 3 is 2.79 bits per heavy atom. The summed E-state index contributed by atoms with van der Waals surface area (Å²) in [7, 11) is 4.99. The van der Waals surface area contributed by atoms with Gasteiger partial charge in [-0.1, -0.05) is 0 Å². The molecule has 6 nitrogen and oxygen atoms in total. The predicted molar refractivity (Wildman–Crippen MR) is 75.6 cm³/mol. The van der Waals surface area contributed by atoms with Gasteiger partial charge >= 0.3 is 0 Å². The number of likely N-dealkylation sites (N-methyl/N-ethyl adjacent to an activating group) is 1. The predicted octanol–water partition coefficient (Wildman–Crippen LogP) is 0.476. The van der Waals surface area contributed by atoms with Gasteiger partial charge in [-0.15, -0.1) is 0 Å². The molecule has 1 aromatic rings. The highest BCUT2D eigenvalue weighted by Gasteiger charge is 2.09. The minimum atomic E-state index is -0.0599. The van der Waals surface area contributed by atoms with Crippen LogP contribution in [-0.2, 0) is 9.53 Å². The molecule has 0 bridgehead atoms. The number of nitrogens with zero attached hydrogens (tertiary/aromatic N) is 1. The number of ether oxygens (including phenoxy) is 2. The van der Waals surface area contributed by atoms with Crippen molar-refractivity contribution in [1.29, 1.82) is 0 Å². The molecule has 1 amide bonds. The van der Waals surface area contributed by atoms with Crippen LogP contribution in [0.2, 0.25) is 0 Å². The normalized spacial score (nSPS) is 10.1. The van der Waals surface area contributed by atoms with Crippen LogP contribution < -0.4 is 20.7 Å². The van der Waals surface area contributed by atoms with E-state index < -0.39 is 0 Å². The number of hydrogen-bond donors (Lipinski definition) is 2. The van der Waals surface area contributed by atoms with E-state index in [0.717, 1.165) is 5.69 Å². The number of hydrogen-bond acceptors (Lipinski definition) is 5. The highest BCUT2D eigenvalue weighted by Crippen LogP contribution is 2.26. The van der Waals surface area contributed by atoms with Gasteiger partial charge in [0.15, 0.2) is 0 Å². The zero-order valence-electron chi connectivity index (χ0n) is 11.6. The lowest BCUT2D eigenvalue weighted by Crippen LogP contribution is -2.36. The molecular formula is C13H21N3O3. The average molecular weight is 267 g/mol. The van der Waals surface area contributed by atoms with Gasteiger partial charge in [0, 0.05) is 32.5 Å². The smallest absolute Gasteiger partial charge is 0.239 e. The molecule has 0 heterocycles. The van der Waals surface area contributed by atoms with E-state index in [4.69, 9.17) is 15.2 Å². The minimum absolute atomic E-state index is 0.0599. The Balaban J connectivity index is 2.57. The molecule has 0 aliphatic heterocycles. The molecule has 0 aliphatic rings. The van der Waals surface area contributed by atoms with Crippen molar-refractivity contribution >= 4 is 17.3 Å². The van der Waals surface area contributed by atoms with Gasteiger partial charge in [0.05, 0.1) is 25.9 Å². The number of nitrogens with two attached hydrogens (primary N) is 1. The molecular weight excluding hydrogens is 246 g/mol. The summed E-state index contributed by atoms with van der Waals surface area (Å²) < 4.78 is 10.0. The molecule has 3 N–H and O–H groups in total. The maximum absolute atomic E-state index is 11.7. The Hall–Kier alpha value is -1.95. The number of benzene rings is 1. The summed E-state index contributed by atoms with van der Waals surface area (Å²) in [5, 5.41) is 2.76. The fourth-order valence-electron chi connectivity index (χ4n) is 1.59. The molecule has 6 heteroatoms. The van der Waals surface area contributed by atoms with Crippen LogP contribution in [0, 0.1) is 0 Å². The van der Waals surface area contributed by atoms with Gasteiger partial charge in [-0.2, -0.15) is 0 Å². The summed E-state index contributed by atoms with van der Waals surface area (Å²) in [6.07, 6.45) is 0. The fraction of sp³-hybridized carbons (Fsp3) is 0.462. The lowest BCUT2D eigenvalue weighted by molar-refractivity contribution is -0.119. The topological polar surface area (TPSA) is 76.8 Å². The quantitative estimate of drug-likeness (QED) is 0.555. The van der Waals surface area contributed by atoms with E-state index in [1.54, 1.807) is 26.4 Å². The van der Waals surface area contributed by atoms with E-state index >= 15 is 0 Å². The van der Waals surface area contributed by atoms with Crippen LogP contribution in [0.4, 0.5) is 11.4 Å². The van der Waals surface area contributed by atoms with Crippen molar-refractivity contribution in [2.75, 3.05) is 51.6 Å². The van der Waals surface area contributed by atoms with Gasteiger partial charge in [-0.3, -0.25) is 4.79 Å². The van der Waals surface area contributed by atoms with E-state index in [1.807, 2.05) is 18.0 Å². The van der Waals surface area contributed by atoms with Gasteiger partial charge in [0.2, 0.25) is 5.91 Å². The van der Waals surface area contributed by atoms with Crippen LogP contribution in [0.5, 0.6) is 5.75 Å². The number of carbonyl (C=O) groups is 1. The van der Waals surface area contributed by atoms with Crippen LogP contribution in [0.3, 0.4) is 0 Å². The van der Waals surface area contributed by atoms with E-state index in [-0.39, 0.29) is 12.5 Å². The number of anilines is 2. The third kappa shape index (κ3) is 4.67. The number of nitrogen functional groups attached to an aromatic ring is 1. The lowest BCUT2D eigenvalue weighted by atomic mass is 10.2. The molecule has 0 saturated heterocycles. The van der Waals surface area contributed by atoms with Crippen LogP contribution in [0.15, 0.2) is 18.2 Å². The Labute approximate surface area is 113 Å². The first kappa shape index (κ1) is 15.1. The maximum atomic E-state index is 11.7. The highest BCUT2D eigenvalue weighted by atomic mass is 16.5. The molecule has 0 saturated carbocycles. The second-order valence-electron chi connectivity index (χ2n) is 4.13. The summed E-state index contributed by atoms with van der Waals surface area (Å²) in [6.45, 7) is 1.27. The first-order valence-electron chi connectivity index (χ1n) is 5.98. The zero-order valence-corrected chi connectivity index (χ0v) is 11.6. The number of amides is 1. The van der Waals surface area contributed by atoms with Crippen molar-refractivity contribution in [1.82, 2.24) is 5.32 Å². The van der Waals surface area contributed by atoms with Crippen molar-refractivity contribution in [3.8, 4) is 5.75 Å². The Morgan fingerprint density at radius 1 is 1.42 bits per heavy atom. The molecule has 0 unspecified atom stereocenters. The van der Waals surface area contributed by atoms with Crippen molar-refractivity contribution in [3.63, 3.8) is 0 Å². The third-order valence-electron chi connectivity index (χ3n) is 2.67. The second-order valence-corrected chi connectivity index (χ2v) is 4.13. The van der Waals surface area contributed by atoms with Crippen molar-refractivity contribution in [3.05, 3.63) is 18.2 Å². The van der Waals surface area contributed by atoms with E-state index in [1.165, 1.54) is 0 Å².